The highest BCUT2D eigenvalue weighted by molar-refractivity contribution is 6.26. The standard InChI is InChI=1S/C68H44/c1-3-15-43-37-62-47(33-41(43)13-1)29-31-67(62)60-23-11-9-19-52(60)54-27-25-45(39-64(54)67)58-35-49-36-59(51-18-6-8-22-57(51)66(49)56-21-7-5-17-50(56)58)46-26-28-55-53-20-10-12-24-61(53)68(65(55)40-46)32-30-48-34-42-14-2-4-16-44(42)38-63(48)68/h1-28,33-40H,29-32H2. The molecule has 2 unspecified atom stereocenters. The molecule has 68 heavy (non-hydrogen) atoms. The van der Waals surface area contributed by atoms with Gasteiger partial charge in [-0.05, 0) is 205 Å². The normalized spacial score (nSPS) is 18.2. The van der Waals surface area contributed by atoms with E-state index in [1.54, 1.807) is 0 Å². The van der Waals surface area contributed by atoms with E-state index in [0.29, 0.717) is 0 Å². The maximum absolute atomic E-state index is 2.58. The van der Waals surface area contributed by atoms with Crippen LogP contribution in [0.25, 0.3) is 98.4 Å². The third kappa shape index (κ3) is 4.70. The van der Waals surface area contributed by atoms with Gasteiger partial charge in [-0.2, -0.15) is 0 Å². The summed E-state index contributed by atoms with van der Waals surface area (Å²) in [5, 5.41) is 13.1. The van der Waals surface area contributed by atoms with Crippen molar-refractivity contribution in [1.82, 2.24) is 0 Å². The zero-order valence-corrected chi connectivity index (χ0v) is 37.6. The molecule has 0 heteroatoms. The van der Waals surface area contributed by atoms with Gasteiger partial charge in [-0.3, -0.25) is 0 Å². The highest BCUT2D eigenvalue weighted by Gasteiger charge is 2.50. The molecule has 316 valence electrons. The minimum absolute atomic E-state index is 0.186. The Hall–Kier alpha value is -8.06. The van der Waals surface area contributed by atoms with Gasteiger partial charge in [0.05, 0.1) is 0 Å². The molecule has 0 aromatic heterocycles. The first-order valence-corrected chi connectivity index (χ1v) is 24.6. The SMILES string of the molecule is c1ccc2c(c1)-c1ccc(-c3cc4cc(-c5ccc6c(c5)C5(CCc7cc8ccccc8cc75)c5ccccc5-6)c5ccccc5c4c4ccccc34)cc1C21CCc2cc3ccccc3cc21. The average Bonchev–Trinajstić information content (AvgIpc) is 4.13. The molecule has 0 N–H and O–H groups in total. The van der Waals surface area contributed by atoms with E-state index in [0.717, 1.165) is 25.7 Å². The van der Waals surface area contributed by atoms with Crippen LogP contribution in [0.5, 0.6) is 0 Å². The van der Waals surface area contributed by atoms with Crippen molar-refractivity contribution < 1.29 is 0 Å². The lowest BCUT2D eigenvalue weighted by Crippen LogP contribution is -2.23. The van der Waals surface area contributed by atoms with Crippen LogP contribution < -0.4 is 0 Å². The maximum atomic E-state index is 2.58. The van der Waals surface area contributed by atoms with Crippen LogP contribution in [0.15, 0.2) is 218 Å². The third-order valence-electron chi connectivity index (χ3n) is 17.2. The van der Waals surface area contributed by atoms with Crippen molar-refractivity contribution in [3.8, 4) is 44.5 Å². The summed E-state index contributed by atoms with van der Waals surface area (Å²) >= 11 is 0. The summed E-state index contributed by atoms with van der Waals surface area (Å²) in [5.74, 6) is 0. The van der Waals surface area contributed by atoms with Crippen LogP contribution in [-0.2, 0) is 23.7 Å². The smallest absolute Gasteiger partial charge is 0.0469 e. The lowest BCUT2D eigenvalue weighted by molar-refractivity contribution is 0.626. The number of hydrogen-bond acceptors (Lipinski definition) is 0. The lowest BCUT2D eigenvalue weighted by Gasteiger charge is -2.29. The summed E-state index contributed by atoms with van der Waals surface area (Å²) in [6.45, 7) is 0. The Kier molecular flexibility index (Phi) is 7.26. The van der Waals surface area contributed by atoms with Crippen LogP contribution in [-0.4, -0.2) is 0 Å². The van der Waals surface area contributed by atoms with Crippen molar-refractivity contribution in [2.24, 2.45) is 0 Å². The Balaban J connectivity index is 0.916. The number of hydrogen-bond donors (Lipinski definition) is 0. The molecule has 12 aromatic rings. The second-order valence-corrected chi connectivity index (χ2v) is 20.2. The summed E-state index contributed by atoms with van der Waals surface area (Å²) in [5.41, 5.74) is 22.0. The van der Waals surface area contributed by atoms with E-state index in [4.69, 9.17) is 0 Å². The van der Waals surface area contributed by atoms with Crippen LogP contribution in [0.1, 0.15) is 57.3 Å². The van der Waals surface area contributed by atoms with Crippen molar-refractivity contribution in [2.45, 2.75) is 36.5 Å². The summed E-state index contributed by atoms with van der Waals surface area (Å²) in [6, 6.07) is 84.4. The molecule has 16 rings (SSSR count). The lowest BCUT2D eigenvalue weighted by atomic mass is 9.72. The first-order valence-electron chi connectivity index (χ1n) is 24.6. The molecular weight excluding hydrogens is 817 g/mol. The van der Waals surface area contributed by atoms with Crippen LogP contribution in [0.3, 0.4) is 0 Å². The number of fused-ring (bicyclic) bond motifs is 21. The molecule has 0 radical (unpaired) electrons. The fourth-order valence-corrected chi connectivity index (χ4v) is 14.3. The van der Waals surface area contributed by atoms with Gasteiger partial charge in [0.1, 0.15) is 0 Å². The van der Waals surface area contributed by atoms with Gasteiger partial charge >= 0.3 is 0 Å². The van der Waals surface area contributed by atoms with E-state index < -0.39 is 0 Å². The van der Waals surface area contributed by atoms with E-state index in [2.05, 4.69) is 218 Å². The molecule has 2 atom stereocenters. The third-order valence-corrected chi connectivity index (χ3v) is 17.2. The largest absolute Gasteiger partial charge is 0.0619 e. The quantitative estimate of drug-likeness (QED) is 0.152. The Bertz CT molecular complexity index is 3950. The summed E-state index contributed by atoms with van der Waals surface area (Å²) < 4.78 is 0. The maximum Gasteiger partial charge on any atom is 0.0469 e. The first kappa shape index (κ1) is 37.1. The zero-order chi connectivity index (χ0) is 44.3. The predicted octanol–water partition coefficient (Wildman–Crippen LogP) is 17.3. The van der Waals surface area contributed by atoms with Crippen molar-refractivity contribution >= 4 is 53.9 Å². The van der Waals surface area contributed by atoms with Gasteiger partial charge in [-0.1, -0.05) is 182 Å². The Labute approximate surface area is 395 Å². The number of rotatable bonds is 2. The van der Waals surface area contributed by atoms with Crippen LogP contribution in [0.2, 0.25) is 0 Å². The van der Waals surface area contributed by atoms with E-state index in [1.165, 1.54) is 143 Å². The molecule has 0 saturated carbocycles. The first-order chi connectivity index (χ1) is 33.7. The minimum Gasteiger partial charge on any atom is -0.0619 e. The Morgan fingerprint density at radius 1 is 0.250 bits per heavy atom. The molecule has 4 aliphatic carbocycles. The highest BCUT2D eigenvalue weighted by atomic mass is 14.5. The monoisotopic (exact) mass is 860 g/mol. The Morgan fingerprint density at radius 2 is 0.632 bits per heavy atom. The van der Waals surface area contributed by atoms with Crippen LogP contribution in [0.4, 0.5) is 0 Å². The zero-order valence-electron chi connectivity index (χ0n) is 37.6. The molecule has 0 bridgehead atoms. The van der Waals surface area contributed by atoms with Gasteiger partial charge in [-0.25, -0.2) is 0 Å². The van der Waals surface area contributed by atoms with E-state index in [9.17, 15) is 0 Å². The van der Waals surface area contributed by atoms with Gasteiger partial charge in [0, 0.05) is 10.8 Å². The average molecular weight is 861 g/mol. The molecule has 12 aromatic carbocycles. The van der Waals surface area contributed by atoms with Crippen LogP contribution >= 0.6 is 0 Å². The molecule has 0 saturated heterocycles. The Morgan fingerprint density at radius 3 is 1.10 bits per heavy atom. The van der Waals surface area contributed by atoms with Gasteiger partial charge in [0.25, 0.3) is 0 Å². The minimum atomic E-state index is -0.186. The highest BCUT2D eigenvalue weighted by Crippen LogP contribution is 2.61. The van der Waals surface area contributed by atoms with E-state index in [1.807, 2.05) is 0 Å². The molecule has 0 nitrogen and oxygen atoms in total. The predicted molar refractivity (Wildman–Crippen MR) is 285 cm³/mol. The molecular formula is C68H44. The molecule has 0 heterocycles. The van der Waals surface area contributed by atoms with Gasteiger partial charge < -0.3 is 0 Å². The number of benzene rings is 12. The second-order valence-electron chi connectivity index (χ2n) is 20.2. The molecule has 0 aliphatic heterocycles. The summed E-state index contributed by atoms with van der Waals surface area (Å²) in [6.07, 6.45) is 4.31. The van der Waals surface area contributed by atoms with Crippen molar-refractivity contribution in [3.63, 3.8) is 0 Å². The van der Waals surface area contributed by atoms with Gasteiger partial charge in [0.15, 0.2) is 0 Å². The van der Waals surface area contributed by atoms with Gasteiger partial charge in [-0.15, -0.1) is 0 Å². The fraction of sp³-hybridized carbons (Fsp3) is 0.0882. The summed E-state index contributed by atoms with van der Waals surface area (Å²) in [7, 11) is 0. The van der Waals surface area contributed by atoms with E-state index in [-0.39, 0.29) is 10.8 Å². The number of aryl methyl sites for hydroxylation is 2. The van der Waals surface area contributed by atoms with E-state index >= 15 is 0 Å². The van der Waals surface area contributed by atoms with Crippen molar-refractivity contribution in [1.29, 1.82) is 0 Å². The topological polar surface area (TPSA) is 0 Å². The molecule has 0 fully saturated rings. The fourth-order valence-electron chi connectivity index (χ4n) is 14.3. The van der Waals surface area contributed by atoms with Gasteiger partial charge in [0.2, 0.25) is 0 Å². The van der Waals surface area contributed by atoms with Crippen molar-refractivity contribution in [3.05, 3.63) is 263 Å². The van der Waals surface area contributed by atoms with Crippen LogP contribution in [0, 0.1) is 0 Å². The molecule has 0 amide bonds. The molecule has 2 spiro atoms. The second kappa shape index (κ2) is 13.3. The van der Waals surface area contributed by atoms with Crippen molar-refractivity contribution in [2.75, 3.05) is 0 Å². The summed E-state index contributed by atoms with van der Waals surface area (Å²) in [4.78, 5) is 0. The molecule has 4 aliphatic rings.